The highest BCUT2D eigenvalue weighted by molar-refractivity contribution is 6.43. The van der Waals surface area contributed by atoms with Gasteiger partial charge in [-0.3, -0.25) is 4.79 Å². The van der Waals surface area contributed by atoms with E-state index in [1.807, 2.05) is 6.92 Å². The highest BCUT2D eigenvalue weighted by Crippen LogP contribution is 2.30. The highest BCUT2D eigenvalue weighted by atomic mass is 35.5. The van der Waals surface area contributed by atoms with Crippen LogP contribution < -0.4 is 0 Å². The fourth-order valence-electron chi connectivity index (χ4n) is 1.70. The monoisotopic (exact) mass is 332 g/mol. The SMILES string of the molecule is Cc1cc(Cl)c(C(=O)c2ccc(Cl)c(Cl)c2)c(Cl)c1. The van der Waals surface area contributed by atoms with Gasteiger partial charge < -0.3 is 0 Å². The van der Waals surface area contributed by atoms with Crippen LogP contribution >= 0.6 is 46.4 Å². The van der Waals surface area contributed by atoms with Gasteiger partial charge in [0.1, 0.15) is 0 Å². The minimum absolute atomic E-state index is 0.271. The summed E-state index contributed by atoms with van der Waals surface area (Å²) in [5.41, 5.74) is 1.55. The molecule has 19 heavy (non-hydrogen) atoms. The van der Waals surface area contributed by atoms with Crippen LogP contribution in [0.3, 0.4) is 0 Å². The molecule has 5 heteroatoms. The number of halogens is 4. The molecule has 0 aliphatic rings. The highest BCUT2D eigenvalue weighted by Gasteiger charge is 2.18. The summed E-state index contributed by atoms with van der Waals surface area (Å²) in [4.78, 5) is 12.4. The first kappa shape index (κ1) is 14.7. The largest absolute Gasteiger partial charge is 0.288 e. The van der Waals surface area contributed by atoms with Crippen molar-refractivity contribution in [3.8, 4) is 0 Å². The number of carbonyl (C=O) groups excluding carboxylic acids is 1. The molecule has 1 nitrogen and oxygen atoms in total. The van der Waals surface area contributed by atoms with Crippen LogP contribution in [0.5, 0.6) is 0 Å². The van der Waals surface area contributed by atoms with Crippen LogP contribution in [0.2, 0.25) is 20.1 Å². The van der Waals surface area contributed by atoms with Gasteiger partial charge in [-0.2, -0.15) is 0 Å². The molecule has 2 aromatic rings. The second kappa shape index (κ2) is 5.72. The van der Waals surface area contributed by atoms with Crippen LogP contribution in [0, 0.1) is 6.92 Å². The molecule has 0 aliphatic carbocycles. The molecule has 0 saturated carbocycles. The average molecular weight is 334 g/mol. The van der Waals surface area contributed by atoms with E-state index in [2.05, 4.69) is 0 Å². The Bertz CT molecular complexity index is 641. The van der Waals surface area contributed by atoms with E-state index in [-0.39, 0.29) is 11.3 Å². The molecule has 0 bridgehead atoms. The second-order valence-corrected chi connectivity index (χ2v) is 5.69. The second-order valence-electron chi connectivity index (χ2n) is 4.06. The first-order valence-corrected chi connectivity index (χ1v) is 6.86. The Morgan fingerprint density at radius 2 is 1.42 bits per heavy atom. The maximum atomic E-state index is 12.4. The molecule has 0 atom stereocenters. The van der Waals surface area contributed by atoms with E-state index in [1.54, 1.807) is 24.3 Å². The van der Waals surface area contributed by atoms with Crippen LogP contribution in [0.1, 0.15) is 21.5 Å². The molecular formula is C14H8Cl4O. The number of hydrogen-bond donors (Lipinski definition) is 0. The normalized spacial score (nSPS) is 10.6. The molecule has 2 rings (SSSR count). The predicted octanol–water partition coefficient (Wildman–Crippen LogP) is 5.84. The van der Waals surface area contributed by atoms with Crippen molar-refractivity contribution in [3.63, 3.8) is 0 Å². The summed E-state index contributed by atoms with van der Waals surface area (Å²) < 4.78 is 0. The lowest BCUT2D eigenvalue weighted by atomic mass is 10.0. The van der Waals surface area contributed by atoms with Crippen molar-refractivity contribution in [2.75, 3.05) is 0 Å². The lowest BCUT2D eigenvalue weighted by Crippen LogP contribution is -2.03. The van der Waals surface area contributed by atoms with Gasteiger partial charge in [0, 0.05) is 5.56 Å². The number of hydrogen-bond acceptors (Lipinski definition) is 1. The van der Waals surface area contributed by atoms with Crippen molar-refractivity contribution in [3.05, 3.63) is 67.1 Å². The molecule has 0 radical (unpaired) electrons. The Morgan fingerprint density at radius 3 is 1.95 bits per heavy atom. The number of ketones is 1. The Hall–Kier alpha value is -0.730. The fraction of sp³-hybridized carbons (Fsp3) is 0.0714. The van der Waals surface area contributed by atoms with Crippen molar-refractivity contribution in [2.24, 2.45) is 0 Å². The summed E-state index contributed by atoms with van der Waals surface area (Å²) in [6.45, 7) is 1.85. The third-order valence-corrected chi connectivity index (χ3v) is 3.93. The molecule has 0 saturated heterocycles. The molecule has 0 fully saturated rings. The van der Waals surface area contributed by atoms with Crippen molar-refractivity contribution in [1.29, 1.82) is 0 Å². The summed E-state index contributed by atoms with van der Waals surface area (Å²) in [5.74, 6) is -0.284. The van der Waals surface area contributed by atoms with Gasteiger partial charge in [0.15, 0.2) is 5.78 Å². The lowest BCUT2D eigenvalue weighted by molar-refractivity contribution is 0.103. The molecule has 0 heterocycles. The van der Waals surface area contributed by atoms with Crippen LogP contribution in [0.15, 0.2) is 30.3 Å². The maximum absolute atomic E-state index is 12.4. The van der Waals surface area contributed by atoms with E-state index in [4.69, 9.17) is 46.4 Å². The van der Waals surface area contributed by atoms with Gasteiger partial charge >= 0.3 is 0 Å². The number of aryl methyl sites for hydroxylation is 1. The lowest BCUT2D eigenvalue weighted by Gasteiger charge is -2.08. The Balaban J connectivity index is 2.53. The van der Waals surface area contributed by atoms with E-state index in [0.717, 1.165) is 5.56 Å². The Kier molecular flexibility index (Phi) is 4.42. The van der Waals surface area contributed by atoms with Gasteiger partial charge in [-0.05, 0) is 42.8 Å². The minimum Gasteiger partial charge on any atom is -0.288 e. The molecule has 0 aliphatic heterocycles. The van der Waals surface area contributed by atoms with E-state index in [9.17, 15) is 4.79 Å². The number of benzene rings is 2. The zero-order chi connectivity index (χ0) is 14.2. The molecular weight excluding hydrogens is 326 g/mol. The van der Waals surface area contributed by atoms with Crippen LogP contribution in [0.25, 0.3) is 0 Å². The molecule has 0 unspecified atom stereocenters. The van der Waals surface area contributed by atoms with Crippen molar-refractivity contribution < 1.29 is 4.79 Å². The van der Waals surface area contributed by atoms with Gasteiger partial charge in [-0.15, -0.1) is 0 Å². The van der Waals surface area contributed by atoms with Crippen LogP contribution in [0.4, 0.5) is 0 Å². The summed E-state index contributed by atoms with van der Waals surface area (Å²) in [6.07, 6.45) is 0. The van der Waals surface area contributed by atoms with Crippen molar-refractivity contribution in [1.82, 2.24) is 0 Å². The van der Waals surface area contributed by atoms with E-state index < -0.39 is 0 Å². The Labute approximate surface area is 131 Å². The standard InChI is InChI=1S/C14H8Cl4O/c1-7-4-11(17)13(12(18)5-7)14(19)8-2-3-9(15)10(16)6-8/h2-6H,1H3. The maximum Gasteiger partial charge on any atom is 0.196 e. The molecule has 0 spiro atoms. The summed E-state index contributed by atoms with van der Waals surface area (Å²) in [5, 5.41) is 1.34. The number of carbonyl (C=O) groups is 1. The molecule has 0 amide bonds. The Morgan fingerprint density at radius 1 is 0.842 bits per heavy atom. The van der Waals surface area contributed by atoms with E-state index in [0.29, 0.717) is 25.7 Å². The third kappa shape index (κ3) is 3.06. The van der Waals surface area contributed by atoms with Crippen molar-refractivity contribution in [2.45, 2.75) is 6.92 Å². The fourth-order valence-corrected chi connectivity index (χ4v) is 2.76. The first-order valence-electron chi connectivity index (χ1n) is 5.35. The summed E-state index contributed by atoms with van der Waals surface area (Å²) in [7, 11) is 0. The molecule has 0 N–H and O–H groups in total. The minimum atomic E-state index is -0.284. The molecule has 98 valence electrons. The third-order valence-electron chi connectivity index (χ3n) is 2.60. The first-order chi connectivity index (χ1) is 8.90. The van der Waals surface area contributed by atoms with Gasteiger partial charge in [0.2, 0.25) is 0 Å². The van der Waals surface area contributed by atoms with Crippen molar-refractivity contribution >= 4 is 52.2 Å². The van der Waals surface area contributed by atoms with Crippen LogP contribution in [-0.2, 0) is 0 Å². The zero-order valence-electron chi connectivity index (χ0n) is 9.81. The van der Waals surface area contributed by atoms with Crippen LogP contribution in [-0.4, -0.2) is 5.78 Å². The van der Waals surface area contributed by atoms with E-state index >= 15 is 0 Å². The van der Waals surface area contributed by atoms with Gasteiger partial charge in [-0.25, -0.2) is 0 Å². The summed E-state index contributed by atoms with van der Waals surface area (Å²) >= 11 is 23.9. The predicted molar refractivity (Wildman–Crippen MR) is 81.1 cm³/mol. The van der Waals surface area contributed by atoms with Gasteiger partial charge in [0.05, 0.1) is 25.7 Å². The zero-order valence-corrected chi connectivity index (χ0v) is 12.8. The quantitative estimate of drug-likeness (QED) is 0.631. The topological polar surface area (TPSA) is 17.1 Å². The van der Waals surface area contributed by atoms with Gasteiger partial charge in [-0.1, -0.05) is 46.4 Å². The summed E-state index contributed by atoms with van der Waals surface area (Å²) in [6, 6.07) is 8.03. The van der Waals surface area contributed by atoms with E-state index in [1.165, 1.54) is 6.07 Å². The molecule has 0 aromatic heterocycles. The number of rotatable bonds is 2. The molecule has 2 aromatic carbocycles. The smallest absolute Gasteiger partial charge is 0.196 e. The van der Waals surface area contributed by atoms with Gasteiger partial charge in [0.25, 0.3) is 0 Å². The average Bonchev–Trinajstić information content (AvgIpc) is 2.31.